The molecule has 0 spiro atoms. The summed E-state index contributed by atoms with van der Waals surface area (Å²) in [5, 5.41) is 2.95. The zero-order valence-corrected chi connectivity index (χ0v) is 14.1. The second-order valence-corrected chi connectivity index (χ2v) is 6.25. The Balaban J connectivity index is 1.89. The number of anilines is 1. The van der Waals surface area contributed by atoms with Gasteiger partial charge < -0.3 is 14.6 Å². The van der Waals surface area contributed by atoms with Gasteiger partial charge in [-0.05, 0) is 49.7 Å². The Morgan fingerprint density at radius 2 is 2.05 bits per heavy atom. The Morgan fingerprint density at radius 1 is 1.29 bits per heavy atom. The van der Waals surface area contributed by atoms with Crippen molar-refractivity contribution in [3.8, 4) is 0 Å². The van der Waals surface area contributed by atoms with Crippen molar-refractivity contribution in [3.05, 3.63) is 51.9 Å². The monoisotopic (exact) mass is 351 g/mol. The Bertz CT molecular complexity index is 637. The number of quaternary nitrogens is 1. The number of hydrogen-bond donors (Lipinski definition) is 2. The summed E-state index contributed by atoms with van der Waals surface area (Å²) in [5.74, 6) is 1.80. The van der Waals surface area contributed by atoms with E-state index in [0.717, 1.165) is 32.1 Å². The lowest BCUT2D eigenvalue weighted by Crippen LogP contribution is -3.08. The van der Waals surface area contributed by atoms with E-state index in [1.54, 1.807) is 0 Å². The average molecular weight is 352 g/mol. The molecule has 0 aliphatic carbocycles. The number of rotatable bonds is 5. The van der Waals surface area contributed by atoms with Crippen LogP contribution in [-0.4, -0.2) is 19.5 Å². The molecule has 1 aromatic heterocycles. The second kappa shape index (κ2) is 6.91. The van der Waals surface area contributed by atoms with Crippen molar-refractivity contribution in [1.29, 1.82) is 0 Å². The van der Waals surface area contributed by atoms with E-state index < -0.39 is 0 Å². The summed E-state index contributed by atoms with van der Waals surface area (Å²) in [7, 11) is 1.98. The van der Waals surface area contributed by atoms with Crippen LogP contribution >= 0.6 is 15.9 Å². The molecule has 0 bridgehead atoms. The molecule has 21 heavy (non-hydrogen) atoms. The van der Waals surface area contributed by atoms with Crippen LogP contribution in [0.3, 0.4) is 0 Å². The summed E-state index contributed by atoms with van der Waals surface area (Å²) in [6.07, 6.45) is 0. The molecule has 4 nitrogen and oxygen atoms in total. The number of hydrogen-bond acceptors (Lipinski definition) is 2. The Labute approximate surface area is 133 Å². The van der Waals surface area contributed by atoms with Crippen LogP contribution in [0.5, 0.6) is 0 Å². The molecule has 5 heteroatoms. The quantitative estimate of drug-likeness (QED) is 0.868. The standard InChI is InChI=1S/C16H19BrN2O2/c1-11-8-13(17)5-7-15(11)18-16(20)10-19(3)9-14-6-4-12(2)21-14/h4-8H,9-10H2,1-3H3,(H,18,20)/p+1. The molecule has 1 atom stereocenters. The molecule has 1 unspecified atom stereocenters. The maximum absolute atomic E-state index is 12.1. The highest BCUT2D eigenvalue weighted by molar-refractivity contribution is 9.10. The summed E-state index contributed by atoms with van der Waals surface area (Å²) < 4.78 is 6.54. The molecular weight excluding hydrogens is 332 g/mol. The topological polar surface area (TPSA) is 46.7 Å². The zero-order chi connectivity index (χ0) is 15.4. The van der Waals surface area contributed by atoms with E-state index in [4.69, 9.17) is 4.42 Å². The lowest BCUT2D eigenvalue weighted by Gasteiger charge is -2.13. The van der Waals surface area contributed by atoms with Crippen molar-refractivity contribution in [2.45, 2.75) is 20.4 Å². The fourth-order valence-electron chi connectivity index (χ4n) is 2.18. The highest BCUT2D eigenvalue weighted by Crippen LogP contribution is 2.19. The normalized spacial score (nSPS) is 12.2. The van der Waals surface area contributed by atoms with Gasteiger partial charge in [0, 0.05) is 10.2 Å². The molecule has 2 aromatic rings. The van der Waals surface area contributed by atoms with E-state index in [0.29, 0.717) is 13.1 Å². The van der Waals surface area contributed by atoms with Gasteiger partial charge in [-0.25, -0.2) is 0 Å². The molecule has 0 aliphatic heterocycles. The van der Waals surface area contributed by atoms with Gasteiger partial charge in [0.2, 0.25) is 0 Å². The van der Waals surface area contributed by atoms with Crippen LogP contribution in [0.2, 0.25) is 0 Å². The SMILES string of the molecule is Cc1ccc(C[NH+](C)CC(=O)Nc2ccc(Br)cc2C)o1. The van der Waals surface area contributed by atoms with E-state index >= 15 is 0 Å². The lowest BCUT2D eigenvalue weighted by atomic mass is 10.2. The molecule has 1 aromatic carbocycles. The van der Waals surface area contributed by atoms with Gasteiger partial charge in [-0.15, -0.1) is 0 Å². The number of carbonyl (C=O) groups is 1. The summed E-state index contributed by atoms with van der Waals surface area (Å²) >= 11 is 3.41. The molecule has 0 radical (unpaired) electrons. The van der Waals surface area contributed by atoms with Crippen molar-refractivity contribution in [2.75, 3.05) is 18.9 Å². The van der Waals surface area contributed by atoms with Crippen LogP contribution in [0, 0.1) is 13.8 Å². The van der Waals surface area contributed by atoms with Gasteiger partial charge in [0.15, 0.2) is 12.3 Å². The first-order valence-electron chi connectivity index (χ1n) is 6.86. The second-order valence-electron chi connectivity index (χ2n) is 5.33. The number of halogens is 1. The van der Waals surface area contributed by atoms with E-state index in [-0.39, 0.29) is 5.91 Å². The third-order valence-electron chi connectivity index (χ3n) is 3.20. The number of benzene rings is 1. The summed E-state index contributed by atoms with van der Waals surface area (Å²) in [6, 6.07) is 9.70. The summed E-state index contributed by atoms with van der Waals surface area (Å²) in [4.78, 5) is 13.2. The minimum absolute atomic E-state index is 0.00111. The van der Waals surface area contributed by atoms with Crippen molar-refractivity contribution in [3.63, 3.8) is 0 Å². The van der Waals surface area contributed by atoms with Crippen LogP contribution in [-0.2, 0) is 11.3 Å². The minimum atomic E-state index is 0.00111. The lowest BCUT2D eigenvalue weighted by molar-refractivity contribution is -0.886. The molecule has 0 aliphatic rings. The van der Waals surface area contributed by atoms with Gasteiger partial charge in [0.1, 0.15) is 12.3 Å². The van der Waals surface area contributed by atoms with Gasteiger partial charge in [-0.2, -0.15) is 0 Å². The van der Waals surface area contributed by atoms with Crippen molar-refractivity contribution in [1.82, 2.24) is 0 Å². The molecule has 0 fully saturated rings. The highest BCUT2D eigenvalue weighted by atomic mass is 79.9. The van der Waals surface area contributed by atoms with E-state index in [9.17, 15) is 4.79 Å². The number of furan rings is 1. The molecular formula is C16H20BrN2O2+. The van der Waals surface area contributed by atoms with E-state index in [1.807, 2.05) is 51.2 Å². The van der Waals surface area contributed by atoms with Crippen molar-refractivity contribution < 1.29 is 14.1 Å². The van der Waals surface area contributed by atoms with E-state index in [1.165, 1.54) is 0 Å². The van der Waals surface area contributed by atoms with E-state index in [2.05, 4.69) is 21.2 Å². The first kappa shape index (κ1) is 15.8. The van der Waals surface area contributed by atoms with Crippen LogP contribution in [0.15, 0.2) is 39.2 Å². The minimum Gasteiger partial charge on any atom is -0.460 e. The number of carbonyl (C=O) groups excluding carboxylic acids is 1. The Kier molecular flexibility index (Phi) is 5.20. The largest absolute Gasteiger partial charge is 0.460 e. The summed E-state index contributed by atoms with van der Waals surface area (Å²) in [6.45, 7) is 4.99. The number of nitrogens with one attached hydrogen (secondary N) is 2. The number of amides is 1. The Morgan fingerprint density at radius 3 is 2.67 bits per heavy atom. The third-order valence-corrected chi connectivity index (χ3v) is 3.69. The summed E-state index contributed by atoms with van der Waals surface area (Å²) in [5.41, 5.74) is 1.89. The fourth-order valence-corrected chi connectivity index (χ4v) is 2.65. The Hall–Kier alpha value is -1.59. The molecule has 2 N–H and O–H groups in total. The van der Waals surface area contributed by atoms with Crippen LogP contribution < -0.4 is 10.2 Å². The maximum atomic E-state index is 12.1. The fraction of sp³-hybridized carbons (Fsp3) is 0.312. The maximum Gasteiger partial charge on any atom is 0.279 e. The molecule has 1 amide bonds. The molecule has 2 rings (SSSR count). The molecule has 1 heterocycles. The van der Waals surface area contributed by atoms with Gasteiger partial charge in [-0.1, -0.05) is 15.9 Å². The predicted octanol–water partition coefficient (Wildman–Crippen LogP) is 2.31. The van der Waals surface area contributed by atoms with Crippen molar-refractivity contribution in [2.24, 2.45) is 0 Å². The number of likely N-dealkylation sites (N-methyl/N-ethyl adjacent to an activating group) is 1. The van der Waals surface area contributed by atoms with Gasteiger partial charge in [0.25, 0.3) is 5.91 Å². The number of aryl methyl sites for hydroxylation is 2. The van der Waals surface area contributed by atoms with Gasteiger partial charge >= 0.3 is 0 Å². The molecule has 0 saturated heterocycles. The molecule has 112 valence electrons. The average Bonchev–Trinajstić information content (AvgIpc) is 2.78. The van der Waals surface area contributed by atoms with Crippen molar-refractivity contribution >= 4 is 27.5 Å². The third kappa shape index (κ3) is 4.72. The smallest absolute Gasteiger partial charge is 0.279 e. The zero-order valence-electron chi connectivity index (χ0n) is 12.5. The van der Waals surface area contributed by atoms with Crippen LogP contribution in [0.1, 0.15) is 17.1 Å². The molecule has 0 saturated carbocycles. The van der Waals surface area contributed by atoms with Gasteiger partial charge in [-0.3, -0.25) is 4.79 Å². The highest BCUT2D eigenvalue weighted by Gasteiger charge is 2.13. The van der Waals surface area contributed by atoms with Crippen LogP contribution in [0.25, 0.3) is 0 Å². The van der Waals surface area contributed by atoms with Gasteiger partial charge in [0.05, 0.1) is 7.05 Å². The van der Waals surface area contributed by atoms with Crippen LogP contribution in [0.4, 0.5) is 5.69 Å². The first-order chi connectivity index (χ1) is 9.94. The predicted molar refractivity (Wildman–Crippen MR) is 86.4 cm³/mol. The first-order valence-corrected chi connectivity index (χ1v) is 7.66.